The zero-order valence-corrected chi connectivity index (χ0v) is 10.8. The number of hydrogen-bond acceptors (Lipinski definition) is 2. The first-order valence-corrected chi connectivity index (χ1v) is 5.74. The minimum atomic E-state index is -0.0123. The molecule has 0 rings (SSSR count). The van der Waals surface area contributed by atoms with Crippen LogP contribution in [0.1, 0.15) is 53.9 Å². The van der Waals surface area contributed by atoms with Crippen LogP contribution in [-0.4, -0.2) is 16.8 Å². The molecule has 0 fully saturated rings. The zero-order valence-electron chi connectivity index (χ0n) is 10.0. The first-order valence-electron chi connectivity index (χ1n) is 5.34. The first kappa shape index (κ1) is 13.7. The minimum Gasteiger partial charge on any atom is -0.468 e. The molecule has 0 amide bonds. The summed E-state index contributed by atoms with van der Waals surface area (Å²) in [6, 6.07) is 0. The van der Waals surface area contributed by atoms with Crippen molar-refractivity contribution in [3.8, 4) is 0 Å². The molecular weight excluding hydrogens is 194 g/mol. The van der Waals surface area contributed by atoms with E-state index in [-0.39, 0.29) is 11.6 Å². The lowest BCUT2D eigenvalue weighted by molar-refractivity contribution is 0.185. The van der Waals surface area contributed by atoms with Gasteiger partial charge in [-0.15, -0.1) is 0 Å². The Balaban J connectivity index is 3.71. The molecule has 0 spiro atoms. The molecule has 1 atom stereocenters. The predicted octanol–water partition coefficient (Wildman–Crippen LogP) is 3.25. The first-order chi connectivity index (χ1) is 6.35. The van der Waals surface area contributed by atoms with Gasteiger partial charge in [-0.25, -0.2) is 0 Å². The Hall–Kier alpha value is -0.310. The van der Waals surface area contributed by atoms with E-state index < -0.39 is 0 Å². The van der Waals surface area contributed by atoms with Gasteiger partial charge < -0.3 is 10.1 Å². The number of hydrogen-bond donors (Lipinski definition) is 1. The number of unbranched alkanes of at least 4 members (excludes halogenated alkanes) is 1. The quantitative estimate of drug-likeness (QED) is 0.730. The molecule has 3 heteroatoms. The highest BCUT2D eigenvalue weighted by Crippen LogP contribution is 2.06. The maximum absolute atomic E-state index is 5.55. The van der Waals surface area contributed by atoms with Crippen molar-refractivity contribution in [1.82, 2.24) is 5.32 Å². The average molecular weight is 217 g/mol. The third-order valence-corrected chi connectivity index (χ3v) is 1.95. The molecule has 1 N–H and O–H groups in total. The third-order valence-electron chi connectivity index (χ3n) is 1.75. The Morgan fingerprint density at radius 1 is 1.43 bits per heavy atom. The average Bonchev–Trinajstić information content (AvgIpc) is 1.96. The molecule has 0 radical (unpaired) electrons. The monoisotopic (exact) mass is 217 g/mol. The van der Waals surface area contributed by atoms with Crippen molar-refractivity contribution in [1.29, 1.82) is 0 Å². The van der Waals surface area contributed by atoms with Gasteiger partial charge in [0.05, 0.1) is 6.10 Å². The van der Waals surface area contributed by atoms with E-state index in [9.17, 15) is 0 Å². The van der Waals surface area contributed by atoms with E-state index in [1.807, 2.05) is 0 Å². The summed E-state index contributed by atoms with van der Waals surface area (Å²) in [6.07, 6.45) is 3.69. The topological polar surface area (TPSA) is 21.3 Å². The second kappa shape index (κ2) is 6.23. The zero-order chi connectivity index (χ0) is 11.2. The van der Waals surface area contributed by atoms with Crippen LogP contribution in [0.4, 0.5) is 0 Å². The molecule has 0 aromatic carbocycles. The van der Waals surface area contributed by atoms with Crippen molar-refractivity contribution in [3.63, 3.8) is 0 Å². The molecular formula is C11H23NOS. The van der Waals surface area contributed by atoms with Gasteiger partial charge in [-0.1, -0.05) is 19.8 Å². The molecule has 14 heavy (non-hydrogen) atoms. The van der Waals surface area contributed by atoms with Crippen molar-refractivity contribution in [2.45, 2.75) is 65.5 Å². The van der Waals surface area contributed by atoms with Gasteiger partial charge in [-0.3, -0.25) is 0 Å². The lowest BCUT2D eigenvalue weighted by Crippen LogP contribution is -2.41. The van der Waals surface area contributed by atoms with E-state index in [1.54, 1.807) is 0 Å². The summed E-state index contributed by atoms with van der Waals surface area (Å²) in [6.45, 7) is 10.4. The van der Waals surface area contributed by atoms with Crippen LogP contribution in [0, 0.1) is 0 Å². The van der Waals surface area contributed by atoms with E-state index in [0.717, 1.165) is 6.42 Å². The summed E-state index contributed by atoms with van der Waals surface area (Å²) in [5, 5.41) is 3.65. The van der Waals surface area contributed by atoms with Crippen LogP contribution >= 0.6 is 12.2 Å². The number of rotatable bonds is 4. The highest BCUT2D eigenvalue weighted by atomic mass is 32.1. The standard InChI is InChI=1S/C11H23NOS/c1-6-7-8-9(2)13-10(14)12-11(3,4)5/h9H,6-8H2,1-5H3,(H,12,14). The van der Waals surface area contributed by atoms with Gasteiger partial charge in [-0.05, 0) is 46.3 Å². The fraction of sp³-hybridized carbons (Fsp3) is 0.909. The van der Waals surface area contributed by atoms with Crippen LogP contribution < -0.4 is 5.32 Å². The van der Waals surface area contributed by atoms with Gasteiger partial charge in [0.1, 0.15) is 0 Å². The smallest absolute Gasteiger partial charge is 0.257 e. The second-order valence-corrected chi connectivity index (χ2v) is 5.10. The van der Waals surface area contributed by atoms with Crippen LogP contribution in [0.25, 0.3) is 0 Å². The van der Waals surface area contributed by atoms with Crippen LogP contribution in [0.5, 0.6) is 0 Å². The van der Waals surface area contributed by atoms with Crippen LogP contribution in [0.2, 0.25) is 0 Å². The van der Waals surface area contributed by atoms with Crippen molar-refractivity contribution >= 4 is 17.4 Å². The second-order valence-electron chi connectivity index (χ2n) is 4.73. The van der Waals surface area contributed by atoms with Gasteiger partial charge in [0, 0.05) is 5.54 Å². The molecule has 0 aromatic heterocycles. The number of ether oxygens (including phenoxy) is 1. The normalized spacial score (nSPS) is 13.5. The van der Waals surface area contributed by atoms with Gasteiger partial charge in [-0.2, -0.15) is 0 Å². The summed E-state index contributed by atoms with van der Waals surface area (Å²) < 4.78 is 5.55. The van der Waals surface area contributed by atoms with Crippen LogP contribution in [0.15, 0.2) is 0 Å². The Labute approximate surface area is 93.4 Å². The van der Waals surface area contributed by atoms with E-state index in [0.29, 0.717) is 5.17 Å². The third kappa shape index (κ3) is 8.30. The highest BCUT2D eigenvalue weighted by Gasteiger charge is 2.13. The van der Waals surface area contributed by atoms with E-state index >= 15 is 0 Å². The maximum atomic E-state index is 5.55. The SMILES string of the molecule is CCCCC(C)OC(=S)NC(C)(C)C. The van der Waals surface area contributed by atoms with E-state index in [1.165, 1.54) is 12.8 Å². The molecule has 0 aliphatic heterocycles. The molecule has 84 valence electrons. The van der Waals surface area contributed by atoms with E-state index in [2.05, 4.69) is 39.9 Å². The molecule has 0 saturated heterocycles. The molecule has 0 saturated carbocycles. The number of thiocarbonyl (C=S) groups is 1. The van der Waals surface area contributed by atoms with Gasteiger partial charge in [0.15, 0.2) is 0 Å². The fourth-order valence-electron chi connectivity index (χ4n) is 1.07. The summed E-state index contributed by atoms with van der Waals surface area (Å²) in [5.74, 6) is 0. The van der Waals surface area contributed by atoms with Gasteiger partial charge >= 0.3 is 0 Å². The molecule has 0 bridgehead atoms. The van der Waals surface area contributed by atoms with E-state index in [4.69, 9.17) is 17.0 Å². The van der Waals surface area contributed by atoms with Crippen LogP contribution in [0.3, 0.4) is 0 Å². The Bertz CT molecular complexity index is 175. The predicted molar refractivity (Wildman–Crippen MR) is 65.6 cm³/mol. The Morgan fingerprint density at radius 2 is 2.00 bits per heavy atom. The lowest BCUT2D eigenvalue weighted by Gasteiger charge is -2.24. The van der Waals surface area contributed by atoms with Crippen molar-refractivity contribution in [2.75, 3.05) is 0 Å². The Morgan fingerprint density at radius 3 is 2.43 bits per heavy atom. The summed E-state index contributed by atoms with van der Waals surface area (Å²) in [4.78, 5) is 0. The minimum absolute atomic E-state index is 0.0123. The molecule has 0 aromatic rings. The van der Waals surface area contributed by atoms with Gasteiger partial charge in [0.2, 0.25) is 0 Å². The Kier molecular flexibility index (Phi) is 6.09. The molecule has 0 heterocycles. The van der Waals surface area contributed by atoms with Crippen molar-refractivity contribution in [2.24, 2.45) is 0 Å². The van der Waals surface area contributed by atoms with Crippen molar-refractivity contribution in [3.05, 3.63) is 0 Å². The number of nitrogens with one attached hydrogen (secondary N) is 1. The molecule has 2 nitrogen and oxygen atoms in total. The molecule has 0 aliphatic carbocycles. The summed E-state index contributed by atoms with van der Waals surface area (Å²) in [5.41, 5.74) is -0.0123. The van der Waals surface area contributed by atoms with Gasteiger partial charge in [0.25, 0.3) is 5.17 Å². The highest BCUT2D eigenvalue weighted by molar-refractivity contribution is 7.80. The molecule has 0 aliphatic rings. The van der Waals surface area contributed by atoms with Crippen LogP contribution in [-0.2, 0) is 4.74 Å². The maximum Gasteiger partial charge on any atom is 0.257 e. The lowest BCUT2D eigenvalue weighted by atomic mass is 10.1. The van der Waals surface area contributed by atoms with Crippen molar-refractivity contribution < 1.29 is 4.74 Å². The fourth-order valence-corrected chi connectivity index (χ4v) is 1.54. The molecule has 1 unspecified atom stereocenters. The summed E-state index contributed by atoms with van der Waals surface area (Å²) >= 11 is 5.10. The largest absolute Gasteiger partial charge is 0.468 e. The summed E-state index contributed by atoms with van der Waals surface area (Å²) in [7, 11) is 0.